The first-order valence-corrected chi connectivity index (χ1v) is 5.75. The molecule has 0 aliphatic heterocycles. The van der Waals surface area contributed by atoms with E-state index in [9.17, 15) is 5.11 Å². The van der Waals surface area contributed by atoms with E-state index in [2.05, 4.69) is 6.92 Å². The Hall–Kier alpha value is -0.440. The molecular weight excluding hydrogens is 233 g/mol. The highest BCUT2D eigenvalue weighted by Gasteiger charge is 2.15. The van der Waals surface area contributed by atoms with Gasteiger partial charge in [0.25, 0.3) is 0 Å². The average Bonchev–Trinajstić information content (AvgIpc) is 2.12. The Morgan fingerprint density at radius 2 is 2.07 bits per heavy atom. The highest BCUT2D eigenvalue weighted by atomic mass is 35.5. The third-order valence-corrected chi connectivity index (χ3v) is 2.84. The summed E-state index contributed by atoms with van der Waals surface area (Å²) in [4.78, 5) is 0. The maximum atomic E-state index is 9.69. The van der Waals surface area contributed by atoms with Crippen LogP contribution in [0.15, 0.2) is 12.1 Å². The summed E-state index contributed by atoms with van der Waals surface area (Å²) in [5.74, 6) is 0.0797. The Balaban J connectivity index is 2.92. The van der Waals surface area contributed by atoms with Crippen molar-refractivity contribution in [2.24, 2.45) is 5.73 Å². The van der Waals surface area contributed by atoms with Gasteiger partial charge in [0, 0.05) is 16.6 Å². The van der Waals surface area contributed by atoms with Crippen LogP contribution in [0.5, 0.6) is 5.75 Å². The minimum Gasteiger partial charge on any atom is -0.508 e. The first kappa shape index (κ1) is 12.6. The largest absolute Gasteiger partial charge is 0.508 e. The zero-order chi connectivity index (χ0) is 11.4. The molecule has 0 amide bonds. The lowest BCUT2D eigenvalue weighted by atomic mass is 10.0. The van der Waals surface area contributed by atoms with E-state index in [1.165, 1.54) is 6.07 Å². The van der Waals surface area contributed by atoms with Crippen LogP contribution in [0, 0.1) is 0 Å². The lowest BCUT2D eigenvalue weighted by Gasteiger charge is -2.15. The molecule has 1 aromatic carbocycles. The van der Waals surface area contributed by atoms with Crippen LogP contribution in [0.1, 0.15) is 37.8 Å². The molecule has 4 heteroatoms. The molecule has 0 spiro atoms. The van der Waals surface area contributed by atoms with Crippen molar-refractivity contribution >= 4 is 23.2 Å². The fourth-order valence-electron chi connectivity index (χ4n) is 1.51. The summed E-state index contributed by atoms with van der Waals surface area (Å²) in [5, 5.41) is 10.5. The van der Waals surface area contributed by atoms with Gasteiger partial charge in [0.15, 0.2) is 0 Å². The molecule has 15 heavy (non-hydrogen) atoms. The summed E-state index contributed by atoms with van der Waals surface area (Å²) in [5.41, 5.74) is 6.54. The van der Waals surface area contributed by atoms with Crippen molar-refractivity contribution < 1.29 is 5.11 Å². The standard InChI is InChI=1S/C11H15Cl2NO/c1-2-3-4-9(14)11-8(13)5-7(12)6-10(11)15/h5-6,9,15H,2-4,14H2,1H3/t9-/m1/s1. The summed E-state index contributed by atoms with van der Waals surface area (Å²) in [6.07, 6.45) is 2.89. The number of rotatable bonds is 4. The van der Waals surface area contributed by atoms with E-state index in [1.807, 2.05) is 0 Å². The number of unbranched alkanes of at least 4 members (excludes halogenated alkanes) is 1. The lowest BCUT2D eigenvalue weighted by Crippen LogP contribution is -2.10. The quantitative estimate of drug-likeness (QED) is 0.849. The molecule has 1 rings (SSSR count). The predicted octanol–water partition coefficient (Wildman–Crippen LogP) is 3.89. The second-order valence-corrected chi connectivity index (χ2v) is 4.41. The van der Waals surface area contributed by atoms with Crippen molar-refractivity contribution in [3.63, 3.8) is 0 Å². The van der Waals surface area contributed by atoms with Gasteiger partial charge in [-0.1, -0.05) is 43.0 Å². The molecule has 0 heterocycles. The SMILES string of the molecule is CCCC[C@@H](N)c1c(O)cc(Cl)cc1Cl. The number of aromatic hydroxyl groups is 1. The third-order valence-electron chi connectivity index (χ3n) is 2.31. The summed E-state index contributed by atoms with van der Waals surface area (Å²) >= 11 is 11.7. The molecule has 1 aromatic rings. The summed E-state index contributed by atoms with van der Waals surface area (Å²) in [7, 11) is 0. The van der Waals surface area contributed by atoms with Gasteiger partial charge in [-0.25, -0.2) is 0 Å². The van der Waals surface area contributed by atoms with Crippen molar-refractivity contribution in [3.8, 4) is 5.75 Å². The Bertz CT molecular complexity index is 318. The van der Waals surface area contributed by atoms with Crippen LogP contribution in [0.2, 0.25) is 10.0 Å². The molecule has 0 aliphatic rings. The van der Waals surface area contributed by atoms with Crippen molar-refractivity contribution in [1.29, 1.82) is 0 Å². The number of benzene rings is 1. The predicted molar refractivity (Wildman–Crippen MR) is 64.6 cm³/mol. The average molecular weight is 248 g/mol. The Morgan fingerprint density at radius 1 is 1.40 bits per heavy atom. The van der Waals surface area contributed by atoms with Gasteiger partial charge in [0.05, 0.1) is 5.02 Å². The van der Waals surface area contributed by atoms with E-state index >= 15 is 0 Å². The minimum atomic E-state index is -0.227. The van der Waals surface area contributed by atoms with Gasteiger partial charge in [-0.05, 0) is 18.6 Å². The van der Waals surface area contributed by atoms with Crippen LogP contribution in [-0.4, -0.2) is 5.11 Å². The van der Waals surface area contributed by atoms with Crippen molar-refractivity contribution in [3.05, 3.63) is 27.7 Å². The van der Waals surface area contributed by atoms with Gasteiger partial charge < -0.3 is 10.8 Å². The molecule has 1 atom stereocenters. The first-order chi connectivity index (χ1) is 7.06. The number of hydrogen-bond donors (Lipinski definition) is 2. The molecule has 0 aromatic heterocycles. The highest BCUT2D eigenvalue weighted by molar-refractivity contribution is 6.35. The fourth-order valence-corrected chi connectivity index (χ4v) is 2.13. The summed E-state index contributed by atoms with van der Waals surface area (Å²) < 4.78 is 0. The molecular formula is C11H15Cl2NO. The fraction of sp³-hybridized carbons (Fsp3) is 0.455. The van der Waals surface area contributed by atoms with Gasteiger partial charge in [0.1, 0.15) is 5.75 Å². The van der Waals surface area contributed by atoms with Crippen LogP contribution in [0.25, 0.3) is 0 Å². The molecule has 0 saturated heterocycles. The number of phenols is 1. The van der Waals surface area contributed by atoms with E-state index in [-0.39, 0.29) is 11.8 Å². The van der Waals surface area contributed by atoms with E-state index in [1.54, 1.807) is 6.07 Å². The first-order valence-electron chi connectivity index (χ1n) is 4.99. The molecule has 3 N–H and O–H groups in total. The number of hydrogen-bond acceptors (Lipinski definition) is 2. The molecule has 84 valence electrons. The Labute approximate surface area is 100.0 Å². The van der Waals surface area contributed by atoms with Crippen LogP contribution in [0.3, 0.4) is 0 Å². The molecule has 0 bridgehead atoms. The van der Waals surface area contributed by atoms with Crippen LogP contribution in [-0.2, 0) is 0 Å². The van der Waals surface area contributed by atoms with Crippen LogP contribution in [0.4, 0.5) is 0 Å². The van der Waals surface area contributed by atoms with E-state index < -0.39 is 0 Å². The van der Waals surface area contributed by atoms with Crippen LogP contribution >= 0.6 is 23.2 Å². The summed E-state index contributed by atoms with van der Waals surface area (Å²) in [6, 6.07) is 2.84. The van der Waals surface area contributed by atoms with E-state index in [0.29, 0.717) is 15.6 Å². The zero-order valence-electron chi connectivity index (χ0n) is 8.63. The normalized spacial score (nSPS) is 12.8. The molecule has 0 aliphatic carbocycles. The molecule has 0 saturated carbocycles. The van der Waals surface area contributed by atoms with Crippen LogP contribution < -0.4 is 5.73 Å². The number of phenolic OH excluding ortho intramolecular Hbond substituents is 1. The van der Waals surface area contributed by atoms with Gasteiger partial charge in [-0.2, -0.15) is 0 Å². The molecule has 0 unspecified atom stereocenters. The lowest BCUT2D eigenvalue weighted by molar-refractivity contribution is 0.457. The van der Waals surface area contributed by atoms with Crippen molar-refractivity contribution in [2.75, 3.05) is 0 Å². The van der Waals surface area contributed by atoms with Crippen molar-refractivity contribution in [1.82, 2.24) is 0 Å². The summed E-state index contributed by atoms with van der Waals surface area (Å²) in [6.45, 7) is 2.09. The maximum Gasteiger partial charge on any atom is 0.123 e. The van der Waals surface area contributed by atoms with Gasteiger partial charge >= 0.3 is 0 Å². The van der Waals surface area contributed by atoms with E-state index in [4.69, 9.17) is 28.9 Å². The zero-order valence-corrected chi connectivity index (χ0v) is 10.1. The number of halogens is 2. The molecule has 2 nitrogen and oxygen atoms in total. The third kappa shape index (κ3) is 3.26. The smallest absolute Gasteiger partial charge is 0.123 e. The van der Waals surface area contributed by atoms with Gasteiger partial charge in [-0.15, -0.1) is 0 Å². The monoisotopic (exact) mass is 247 g/mol. The Kier molecular flexibility index (Phi) is 4.71. The second-order valence-electron chi connectivity index (χ2n) is 3.57. The highest BCUT2D eigenvalue weighted by Crippen LogP contribution is 2.35. The molecule has 0 fully saturated rings. The Morgan fingerprint density at radius 3 is 2.60 bits per heavy atom. The van der Waals surface area contributed by atoms with E-state index in [0.717, 1.165) is 19.3 Å². The van der Waals surface area contributed by atoms with Crippen molar-refractivity contribution in [2.45, 2.75) is 32.2 Å². The number of nitrogens with two attached hydrogens (primary N) is 1. The van der Waals surface area contributed by atoms with Gasteiger partial charge in [0.2, 0.25) is 0 Å². The topological polar surface area (TPSA) is 46.2 Å². The second kappa shape index (κ2) is 5.59. The minimum absolute atomic E-state index is 0.0797. The molecule has 0 radical (unpaired) electrons. The van der Waals surface area contributed by atoms with Gasteiger partial charge in [-0.3, -0.25) is 0 Å². The maximum absolute atomic E-state index is 9.69.